The molecule has 0 saturated carbocycles. The van der Waals surface area contributed by atoms with Gasteiger partial charge in [0.1, 0.15) is 18.1 Å². The summed E-state index contributed by atoms with van der Waals surface area (Å²) in [6.45, 7) is 7.42. The van der Waals surface area contributed by atoms with E-state index in [1.54, 1.807) is 11.3 Å². The van der Waals surface area contributed by atoms with E-state index < -0.39 is 0 Å². The molecule has 0 aliphatic carbocycles. The number of aryl methyl sites for hydroxylation is 1. The van der Waals surface area contributed by atoms with Crippen LogP contribution in [0.5, 0.6) is 0 Å². The summed E-state index contributed by atoms with van der Waals surface area (Å²) in [5.74, 6) is 2.32. The number of hydrogen-bond acceptors (Lipinski definition) is 6. The Balaban J connectivity index is 1.42. The Morgan fingerprint density at radius 2 is 2.03 bits per heavy atom. The summed E-state index contributed by atoms with van der Waals surface area (Å²) in [6.07, 6.45) is 5.54. The highest BCUT2D eigenvalue weighted by Crippen LogP contribution is 2.42. The van der Waals surface area contributed by atoms with Crippen LogP contribution in [-0.4, -0.2) is 44.2 Å². The maximum Gasteiger partial charge on any atom is 0.234 e. The van der Waals surface area contributed by atoms with Crippen molar-refractivity contribution in [2.45, 2.75) is 89.4 Å². The van der Waals surface area contributed by atoms with Gasteiger partial charge in [0.05, 0.1) is 12.1 Å². The summed E-state index contributed by atoms with van der Waals surface area (Å²) >= 11 is 1.67. The predicted molar refractivity (Wildman–Crippen MR) is 121 cm³/mol. The van der Waals surface area contributed by atoms with Crippen molar-refractivity contribution in [2.75, 3.05) is 6.54 Å². The number of fused-ring (bicyclic) bond motifs is 2. The second kappa shape index (κ2) is 9.49. The van der Waals surface area contributed by atoms with E-state index in [2.05, 4.69) is 51.8 Å². The van der Waals surface area contributed by atoms with Crippen molar-refractivity contribution in [1.29, 1.82) is 5.26 Å². The fraction of sp³-hybridized carbons (Fsp3) is 0.652. The van der Waals surface area contributed by atoms with Gasteiger partial charge >= 0.3 is 0 Å². The van der Waals surface area contributed by atoms with Gasteiger partial charge in [-0.1, -0.05) is 19.9 Å². The molecule has 4 rings (SSSR count). The topological polar surface area (TPSA) is 86.8 Å². The maximum atomic E-state index is 12.1. The van der Waals surface area contributed by atoms with E-state index >= 15 is 0 Å². The SMILES string of the molecule is Cc1nnc(C(C)C)n1C1CC2CCC(C1)N2CCC(NC(=O)CC#N)c1cccs1. The molecular weight excluding hydrogens is 408 g/mol. The van der Waals surface area contributed by atoms with Crippen LogP contribution in [0.2, 0.25) is 0 Å². The number of carbonyl (C=O) groups excluding carboxylic acids is 1. The first kappa shape index (κ1) is 22.0. The zero-order valence-corrected chi connectivity index (χ0v) is 19.4. The third-order valence-electron chi connectivity index (χ3n) is 6.77. The molecule has 1 amide bonds. The van der Waals surface area contributed by atoms with Gasteiger partial charge < -0.3 is 9.88 Å². The summed E-state index contributed by atoms with van der Waals surface area (Å²) < 4.78 is 2.39. The normalized spacial score (nSPS) is 24.3. The number of aromatic nitrogens is 3. The quantitative estimate of drug-likeness (QED) is 0.668. The number of nitriles is 1. The Hall–Kier alpha value is -2.24. The van der Waals surface area contributed by atoms with Gasteiger partial charge in [0, 0.05) is 35.5 Å². The minimum atomic E-state index is -0.188. The van der Waals surface area contributed by atoms with Crippen molar-refractivity contribution in [3.05, 3.63) is 34.0 Å². The first-order valence-electron chi connectivity index (χ1n) is 11.3. The largest absolute Gasteiger partial charge is 0.348 e. The third kappa shape index (κ3) is 4.68. The van der Waals surface area contributed by atoms with Gasteiger partial charge in [0.2, 0.25) is 5.91 Å². The Morgan fingerprint density at radius 3 is 2.65 bits per heavy atom. The van der Waals surface area contributed by atoms with Crippen LogP contribution in [0.1, 0.15) is 86.9 Å². The molecule has 2 saturated heterocycles. The highest BCUT2D eigenvalue weighted by molar-refractivity contribution is 7.10. The number of rotatable bonds is 8. The van der Waals surface area contributed by atoms with Crippen LogP contribution in [0.3, 0.4) is 0 Å². The number of carbonyl (C=O) groups is 1. The predicted octanol–water partition coefficient (Wildman–Crippen LogP) is 4.10. The molecule has 2 aromatic rings. The van der Waals surface area contributed by atoms with Gasteiger partial charge in [-0.25, -0.2) is 0 Å². The molecule has 166 valence electrons. The van der Waals surface area contributed by atoms with E-state index in [9.17, 15) is 4.79 Å². The first-order chi connectivity index (χ1) is 15.0. The lowest BCUT2D eigenvalue weighted by Gasteiger charge is -2.40. The fourth-order valence-electron chi connectivity index (χ4n) is 5.42. The summed E-state index contributed by atoms with van der Waals surface area (Å²) in [7, 11) is 0. The standard InChI is InChI=1S/C23H32N6OS/c1-15(2)23-27-26-16(3)29(23)19-13-17-6-7-18(14-19)28(17)11-9-20(21-5-4-12-31-21)25-22(30)8-10-24/h4-5,12,15,17-20H,6-9,11,13-14H2,1-3H3,(H,25,30). The molecule has 2 bridgehead atoms. The van der Waals surface area contributed by atoms with Gasteiger partial charge in [0.15, 0.2) is 0 Å². The zero-order valence-electron chi connectivity index (χ0n) is 18.6. The van der Waals surface area contributed by atoms with E-state index in [0.29, 0.717) is 24.0 Å². The molecule has 31 heavy (non-hydrogen) atoms. The molecule has 0 radical (unpaired) electrons. The lowest BCUT2D eigenvalue weighted by Crippen LogP contribution is -2.45. The minimum absolute atomic E-state index is 0.0226. The third-order valence-corrected chi connectivity index (χ3v) is 7.76. The lowest BCUT2D eigenvalue weighted by atomic mass is 9.95. The number of thiophene rings is 1. The van der Waals surface area contributed by atoms with Crippen LogP contribution in [0.4, 0.5) is 0 Å². The van der Waals surface area contributed by atoms with Crippen molar-refractivity contribution in [3.8, 4) is 6.07 Å². The van der Waals surface area contributed by atoms with Gasteiger partial charge in [-0.2, -0.15) is 5.26 Å². The van der Waals surface area contributed by atoms with Gasteiger partial charge in [0.25, 0.3) is 0 Å². The molecule has 0 spiro atoms. The van der Waals surface area contributed by atoms with E-state index in [0.717, 1.165) is 42.3 Å². The van der Waals surface area contributed by atoms with Crippen molar-refractivity contribution in [2.24, 2.45) is 0 Å². The highest BCUT2D eigenvalue weighted by atomic mass is 32.1. The Morgan fingerprint density at radius 1 is 1.29 bits per heavy atom. The first-order valence-corrected chi connectivity index (χ1v) is 12.2. The second-order valence-corrected chi connectivity index (χ2v) is 10.1. The fourth-order valence-corrected chi connectivity index (χ4v) is 6.23. The summed E-state index contributed by atoms with van der Waals surface area (Å²) in [4.78, 5) is 15.9. The summed E-state index contributed by atoms with van der Waals surface area (Å²) in [6, 6.07) is 7.65. The van der Waals surface area contributed by atoms with E-state index in [1.807, 2.05) is 17.5 Å². The van der Waals surface area contributed by atoms with Crippen molar-refractivity contribution in [1.82, 2.24) is 25.0 Å². The molecule has 2 aliphatic rings. The van der Waals surface area contributed by atoms with Gasteiger partial charge in [-0.15, -0.1) is 21.5 Å². The van der Waals surface area contributed by atoms with Gasteiger partial charge in [-0.3, -0.25) is 9.69 Å². The smallest absolute Gasteiger partial charge is 0.234 e. The Bertz CT molecular complexity index is 917. The van der Waals surface area contributed by atoms with Crippen LogP contribution in [0.25, 0.3) is 0 Å². The number of piperidine rings is 1. The zero-order chi connectivity index (χ0) is 22.0. The highest BCUT2D eigenvalue weighted by Gasteiger charge is 2.42. The maximum absolute atomic E-state index is 12.1. The van der Waals surface area contributed by atoms with Crippen LogP contribution in [-0.2, 0) is 4.79 Å². The van der Waals surface area contributed by atoms with Crippen LogP contribution < -0.4 is 5.32 Å². The molecule has 7 nitrogen and oxygen atoms in total. The molecule has 4 heterocycles. The minimum Gasteiger partial charge on any atom is -0.348 e. The average Bonchev–Trinajstić information content (AvgIpc) is 3.44. The molecular formula is C23H32N6OS. The monoisotopic (exact) mass is 440 g/mol. The molecule has 2 fully saturated rings. The molecule has 3 unspecified atom stereocenters. The molecule has 8 heteroatoms. The second-order valence-electron chi connectivity index (χ2n) is 9.14. The number of nitrogens with zero attached hydrogens (tertiary/aromatic N) is 5. The molecule has 3 atom stereocenters. The molecule has 1 N–H and O–H groups in total. The number of nitrogens with one attached hydrogen (secondary N) is 1. The lowest BCUT2D eigenvalue weighted by molar-refractivity contribution is -0.120. The van der Waals surface area contributed by atoms with Crippen molar-refractivity contribution in [3.63, 3.8) is 0 Å². The van der Waals surface area contributed by atoms with Gasteiger partial charge in [-0.05, 0) is 50.5 Å². The van der Waals surface area contributed by atoms with Crippen LogP contribution in [0, 0.1) is 18.3 Å². The van der Waals surface area contributed by atoms with Crippen LogP contribution in [0.15, 0.2) is 17.5 Å². The van der Waals surface area contributed by atoms with Crippen molar-refractivity contribution >= 4 is 17.2 Å². The van der Waals surface area contributed by atoms with E-state index in [-0.39, 0.29) is 18.4 Å². The van der Waals surface area contributed by atoms with Crippen LogP contribution >= 0.6 is 11.3 Å². The Labute approximate surface area is 188 Å². The molecule has 0 aromatic carbocycles. The molecule has 2 aromatic heterocycles. The average molecular weight is 441 g/mol. The number of amides is 1. The van der Waals surface area contributed by atoms with E-state index in [1.165, 1.54) is 12.8 Å². The van der Waals surface area contributed by atoms with E-state index in [4.69, 9.17) is 5.26 Å². The Kier molecular flexibility index (Phi) is 6.73. The molecule has 2 aliphatic heterocycles. The summed E-state index contributed by atoms with van der Waals surface area (Å²) in [5, 5.41) is 22.8. The number of hydrogen-bond donors (Lipinski definition) is 1. The summed E-state index contributed by atoms with van der Waals surface area (Å²) in [5.41, 5.74) is 0. The van der Waals surface area contributed by atoms with Crippen molar-refractivity contribution < 1.29 is 4.79 Å².